The van der Waals surface area contributed by atoms with Crippen LogP contribution in [0.1, 0.15) is 12.8 Å². The van der Waals surface area contributed by atoms with Crippen LogP contribution >= 0.6 is 15.9 Å². The lowest BCUT2D eigenvalue weighted by Crippen LogP contribution is -2.35. The van der Waals surface area contributed by atoms with Gasteiger partial charge in [0, 0.05) is 12.8 Å². The summed E-state index contributed by atoms with van der Waals surface area (Å²) in [6.45, 7) is 0. The number of halogens is 1. The highest BCUT2D eigenvalue weighted by molar-refractivity contribution is 9.18. The van der Waals surface area contributed by atoms with Gasteiger partial charge in [-0.2, -0.15) is 0 Å². The molecule has 6 heteroatoms. The van der Waals surface area contributed by atoms with Crippen molar-refractivity contribution < 1.29 is 14.4 Å². The molecule has 0 radical (unpaired) electrons. The molecule has 0 amide bonds. The third-order valence-electron chi connectivity index (χ3n) is 1.72. The maximum atomic E-state index is 10.9. The van der Waals surface area contributed by atoms with E-state index in [0.717, 1.165) is 4.62 Å². The molecule has 0 saturated heterocycles. The predicted molar refractivity (Wildman–Crippen MR) is 50.5 cm³/mol. The topological polar surface area (TPSA) is 73.9 Å². The van der Waals surface area contributed by atoms with Crippen molar-refractivity contribution in [3.63, 3.8) is 0 Å². The largest absolute Gasteiger partial charge is 0.468 e. The van der Waals surface area contributed by atoms with Crippen LogP contribution in [-0.2, 0) is 14.4 Å². The standard InChI is InChI=1S/C7H11BrN2O3/c1-12-7(11)5(9)2-4-3-6(8)10-13-4/h4-5H,2-3,9H2,1H3/t4-,5+/m1/s1. The second kappa shape index (κ2) is 4.57. The van der Waals surface area contributed by atoms with Crippen molar-refractivity contribution in [3.8, 4) is 0 Å². The van der Waals surface area contributed by atoms with Crippen LogP contribution in [0.15, 0.2) is 5.16 Å². The third-order valence-corrected chi connectivity index (χ3v) is 2.19. The first-order valence-corrected chi connectivity index (χ1v) is 4.64. The van der Waals surface area contributed by atoms with Crippen LogP contribution in [0.4, 0.5) is 0 Å². The molecule has 1 heterocycles. The monoisotopic (exact) mass is 250 g/mol. The molecule has 0 spiro atoms. The quantitative estimate of drug-likeness (QED) is 0.735. The molecule has 0 aromatic heterocycles. The van der Waals surface area contributed by atoms with Gasteiger partial charge in [0.15, 0.2) is 0 Å². The molecule has 1 aliphatic heterocycles. The highest BCUT2D eigenvalue weighted by Gasteiger charge is 2.25. The van der Waals surface area contributed by atoms with Crippen molar-refractivity contribution in [2.24, 2.45) is 10.9 Å². The van der Waals surface area contributed by atoms with Gasteiger partial charge < -0.3 is 15.3 Å². The Morgan fingerprint density at radius 3 is 3.15 bits per heavy atom. The summed E-state index contributed by atoms with van der Waals surface area (Å²) < 4.78 is 5.23. The van der Waals surface area contributed by atoms with Crippen molar-refractivity contribution in [2.45, 2.75) is 25.0 Å². The van der Waals surface area contributed by atoms with Crippen LogP contribution in [-0.4, -0.2) is 29.8 Å². The van der Waals surface area contributed by atoms with E-state index in [1.54, 1.807) is 0 Å². The molecule has 1 aliphatic rings. The van der Waals surface area contributed by atoms with Crippen LogP contribution in [0.3, 0.4) is 0 Å². The molecule has 5 nitrogen and oxygen atoms in total. The van der Waals surface area contributed by atoms with Crippen LogP contribution in [0, 0.1) is 0 Å². The second-order valence-electron chi connectivity index (χ2n) is 2.76. The number of nitrogens with zero attached hydrogens (tertiary/aromatic N) is 1. The van der Waals surface area contributed by atoms with Crippen molar-refractivity contribution in [1.82, 2.24) is 0 Å². The van der Waals surface area contributed by atoms with E-state index in [-0.39, 0.29) is 6.10 Å². The van der Waals surface area contributed by atoms with Gasteiger partial charge in [-0.1, -0.05) is 5.16 Å². The first kappa shape index (κ1) is 10.5. The van der Waals surface area contributed by atoms with Gasteiger partial charge in [-0.15, -0.1) is 0 Å². The van der Waals surface area contributed by atoms with Crippen molar-refractivity contribution in [1.29, 1.82) is 0 Å². The Hall–Kier alpha value is -0.620. The molecule has 0 bridgehead atoms. The number of esters is 1. The predicted octanol–water partition coefficient (Wildman–Crippen LogP) is 0.374. The summed E-state index contributed by atoms with van der Waals surface area (Å²) in [6, 6.07) is -0.636. The summed E-state index contributed by atoms with van der Waals surface area (Å²) in [6.07, 6.45) is 0.958. The van der Waals surface area contributed by atoms with E-state index in [1.165, 1.54) is 7.11 Å². The van der Waals surface area contributed by atoms with E-state index in [4.69, 9.17) is 10.6 Å². The molecule has 0 aliphatic carbocycles. The van der Waals surface area contributed by atoms with E-state index >= 15 is 0 Å². The number of oxime groups is 1. The van der Waals surface area contributed by atoms with E-state index in [2.05, 4.69) is 25.8 Å². The minimum absolute atomic E-state index is 0.122. The van der Waals surface area contributed by atoms with Gasteiger partial charge >= 0.3 is 5.97 Å². The van der Waals surface area contributed by atoms with Gasteiger partial charge in [0.25, 0.3) is 0 Å². The Morgan fingerprint density at radius 1 is 2.00 bits per heavy atom. The summed E-state index contributed by atoms with van der Waals surface area (Å²) in [7, 11) is 1.31. The van der Waals surface area contributed by atoms with Crippen LogP contribution in [0.5, 0.6) is 0 Å². The van der Waals surface area contributed by atoms with Gasteiger partial charge in [0.1, 0.15) is 16.8 Å². The van der Waals surface area contributed by atoms with Crippen molar-refractivity contribution >= 4 is 26.5 Å². The third kappa shape index (κ3) is 2.96. The maximum absolute atomic E-state index is 10.9. The smallest absolute Gasteiger partial charge is 0.322 e. The van der Waals surface area contributed by atoms with Gasteiger partial charge in [-0.3, -0.25) is 4.79 Å². The van der Waals surface area contributed by atoms with E-state index in [0.29, 0.717) is 12.8 Å². The summed E-state index contributed by atoms with van der Waals surface area (Å²) in [5.74, 6) is -0.424. The number of carbonyl (C=O) groups excluding carboxylic acids is 1. The van der Waals surface area contributed by atoms with Crippen molar-refractivity contribution in [2.75, 3.05) is 7.11 Å². The summed E-state index contributed by atoms with van der Waals surface area (Å²) in [5, 5.41) is 3.68. The molecular weight excluding hydrogens is 240 g/mol. The van der Waals surface area contributed by atoms with Gasteiger partial charge in [0.2, 0.25) is 0 Å². The summed E-state index contributed by atoms with van der Waals surface area (Å²) >= 11 is 3.19. The minimum Gasteiger partial charge on any atom is -0.468 e. The van der Waals surface area contributed by atoms with Gasteiger partial charge in [-0.25, -0.2) is 0 Å². The molecule has 2 atom stereocenters. The first-order chi connectivity index (χ1) is 6.13. The van der Waals surface area contributed by atoms with E-state index in [9.17, 15) is 4.79 Å². The Labute approximate surface area is 84.4 Å². The molecule has 0 fully saturated rings. The van der Waals surface area contributed by atoms with Crippen LogP contribution in [0.2, 0.25) is 0 Å². The Bertz CT molecular complexity index is 232. The fourth-order valence-electron chi connectivity index (χ4n) is 1.05. The van der Waals surface area contributed by atoms with Crippen molar-refractivity contribution in [3.05, 3.63) is 0 Å². The van der Waals surface area contributed by atoms with Gasteiger partial charge in [-0.05, 0) is 15.9 Å². The van der Waals surface area contributed by atoms with Crippen LogP contribution < -0.4 is 5.73 Å². The van der Waals surface area contributed by atoms with E-state index in [1.807, 2.05) is 0 Å². The second-order valence-corrected chi connectivity index (χ2v) is 3.68. The average molecular weight is 251 g/mol. The van der Waals surface area contributed by atoms with Crippen LogP contribution in [0.25, 0.3) is 0 Å². The Balaban J connectivity index is 2.30. The molecule has 0 aromatic carbocycles. The van der Waals surface area contributed by atoms with E-state index < -0.39 is 12.0 Å². The molecule has 0 aromatic rings. The molecule has 13 heavy (non-hydrogen) atoms. The average Bonchev–Trinajstić information content (AvgIpc) is 2.49. The molecule has 0 unspecified atom stereocenters. The Morgan fingerprint density at radius 2 is 2.69 bits per heavy atom. The summed E-state index contributed by atoms with van der Waals surface area (Å²) in [4.78, 5) is 15.9. The SMILES string of the molecule is COC(=O)[C@@H](N)C[C@@H]1CC(Br)=NO1. The molecular formula is C7H11BrN2O3. The fourth-order valence-corrected chi connectivity index (χ4v) is 1.50. The number of rotatable bonds is 3. The maximum Gasteiger partial charge on any atom is 0.322 e. The zero-order valence-corrected chi connectivity index (χ0v) is 8.78. The minimum atomic E-state index is -0.636. The lowest BCUT2D eigenvalue weighted by atomic mass is 10.1. The normalized spacial score (nSPS) is 23.3. The number of hydrogen-bond acceptors (Lipinski definition) is 5. The summed E-state index contributed by atoms with van der Waals surface area (Å²) in [5.41, 5.74) is 5.53. The zero-order valence-electron chi connectivity index (χ0n) is 7.20. The molecule has 1 rings (SSSR count). The molecule has 2 N–H and O–H groups in total. The molecule has 74 valence electrons. The number of carbonyl (C=O) groups is 1. The zero-order chi connectivity index (χ0) is 9.84. The number of methoxy groups -OCH3 is 1. The number of hydrogen-bond donors (Lipinski definition) is 1. The number of ether oxygens (including phenoxy) is 1. The Kier molecular flexibility index (Phi) is 3.68. The lowest BCUT2D eigenvalue weighted by Gasteiger charge is -2.12. The molecule has 0 saturated carbocycles. The van der Waals surface area contributed by atoms with Gasteiger partial charge in [0.05, 0.1) is 7.11 Å². The lowest BCUT2D eigenvalue weighted by molar-refractivity contribution is -0.143. The highest BCUT2D eigenvalue weighted by Crippen LogP contribution is 2.18. The fraction of sp³-hybridized carbons (Fsp3) is 0.714. The first-order valence-electron chi connectivity index (χ1n) is 3.85. The highest BCUT2D eigenvalue weighted by atomic mass is 79.9. The number of nitrogens with two attached hydrogens (primary N) is 1.